The van der Waals surface area contributed by atoms with E-state index in [1.165, 1.54) is 12.1 Å². The van der Waals surface area contributed by atoms with Crippen molar-refractivity contribution in [2.24, 2.45) is 17.8 Å². The molecule has 1 saturated carbocycles. The molecule has 152 valence electrons. The topological polar surface area (TPSA) is 46.5 Å². The quantitative estimate of drug-likeness (QED) is 0.610. The minimum absolute atomic E-state index is 0.0136. The van der Waals surface area contributed by atoms with Gasteiger partial charge in [-0.25, -0.2) is 4.39 Å². The number of halogens is 1. The molecular weight excluding hydrogens is 374 g/mol. The third kappa shape index (κ3) is 4.40. The predicted molar refractivity (Wildman–Crippen MR) is 111 cm³/mol. The molecule has 1 aliphatic rings. The van der Waals surface area contributed by atoms with E-state index in [0.717, 1.165) is 19.3 Å². The normalized spacial score (nSPS) is 26.0. The van der Waals surface area contributed by atoms with Gasteiger partial charge in [-0.15, -0.1) is 0 Å². The van der Waals surface area contributed by atoms with Gasteiger partial charge < -0.3 is 9.63 Å². The Hall–Kier alpha value is -1.48. The van der Waals surface area contributed by atoms with Gasteiger partial charge in [0.2, 0.25) is 0 Å². The molecular formula is C23H30FO3P. The standard InChI is InChI=1S/C23H30FO3P/c1-16(2)19-14-13-17(3)15-22(19)27-28(26,18-9-5-4-6-10-18)23(25)20-11-7-8-12-21(20)24/h4-12,16-17,19,22-23,25H,13-15H2,1-3H3/t17-,19-,22+,23-,28-/m0/s1. The maximum atomic E-state index is 14.4. The molecule has 1 aliphatic carbocycles. The molecule has 0 aromatic heterocycles. The van der Waals surface area contributed by atoms with Crippen molar-refractivity contribution in [1.29, 1.82) is 0 Å². The average molecular weight is 404 g/mol. The highest BCUT2D eigenvalue weighted by Crippen LogP contribution is 2.60. The van der Waals surface area contributed by atoms with Gasteiger partial charge in [-0.2, -0.15) is 0 Å². The number of aliphatic hydroxyl groups is 1. The molecule has 3 rings (SSSR count). The van der Waals surface area contributed by atoms with E-state index < -0.39 is 19.0 Å². The van der Waals surface area contributed by atoms with E-state index in [1.807, 2.05) is 6.07 Å². The monoisotopic (exact) mass is 404 g/mol. The fourth-order valence-electron chi connectivity index (χ4n) is 4.20. The van der Waals surface area contributed by atoms with Crippen LogP contribution in [0, 0.1) is 23.6 Å². The van der Waals surface area contributed by atoms with Crippen molar-refractivity contribution in [1.82, 2.24) is 0 Å². The number of rotatable bonds is 6. The maximum absolute atomic E-state index is 14.4. The number of aliphatic hydroxyl groups excluding tert-OH is 1. The minimum Gasteiger partial charge on any atom is -0.378 e. The molecule has 0 bridgehead atoms. The molecule has 5 atom stereocenters. The second-order valence-electron chi connectivity index (χ2n) is 8.30. The van der Waals surface area contributed by atoms with Gasteiger partial charge in [-0.05, 0) is 48.8 Å². The molecule has 3 nitrogen and oxygen atoms in total. The third-order valence-corrected chi connectivity index (χ3v) is 8.40. The Morgan fingerprint density at radius 2 is 1.71 bits per heavy atom. The highest BCUT2D eigenvalue weighted by molar-refractivity contribution is 7.67. The van der Waals surface area contributed by atoms with E-state index in [9.17, 15) is 14.1 Å². The Morgan fingerprint density at radius 3 is 2.36 bits per heavy atom. The van der Waals surface area contributed by atoms with Gasteiger partial charge in [0.05, 0.1) is 6.10 Å². The van der Waals surface area contributed by atoms with Crippen molar-refractivity contribution in [3.8, 4) is 0 Å². The lowest BCUT2D eigenvalue weighted by molar-refractivity contribution is 0.0425. The molecule has 0 aliphatic heterocycles. The zero-order valence-corrected chi connectivity index (χ0v) is 17.7. The first-order valence-corrected chi connectivity index (χ1v) is 11.8. The van der Waals surface area contributed by atoms with Gasteiger partial charge in [-0.1, -0.05) is 63.6 Å². The van der Waals surface area contributed by atoms with Crippen molar-refractivity contribution in [2.45, 2.75) is 52.0 Å². The lowest BCUT2D eigenvalue weighted by Gasteiger charge is -2.39. The van der Waals surface area contributed by atoms with Crippen molar-refractivity contribution in [2.75, 3.05) is 0 Å². The second-order valence-corrected chi connectivity index (χ2v) is 10.7. The summed E-state index contributed by atoms with van der Waals surface area (Å²) < 4.78 is 34.9. The van der Waals surface area contributed by atoms with Gasteiger partial charge in [-0.3, -0.25) is 4.57 Å². The summed E-state index contributed by atoms with van der Waals surface area (Å²) in [6.45, 7) is 6.48. The molecule has 0 amide bonds. The molecule has 0 radical (unpaired) electrons. The van der Waals surface area contributed by atoms with Gasteiger partial charge in [0, 0.05) is 10.9 Å². The fourth-order valence-corrected chi connectivity index (χ4v) is 6.53. The SMILES string of the molecule is CC(C)[C@@H]1CC[C@H](C)C[C@H]1O[P@@](=O)(c1ccccc1)[C@H](O)c1ccccc1F. The first-order chi connectivity index (χ1) is 13.3. The van der Waals surface area contributed by atoms with Crippen LogP contribution < -0.4 is 5.30 Å². The Labute approximate surface area is 167 Å². The summed E-state index contributed by atoms with van der Waals surface area (Å²) >= 11 is 0. The van der Waals surface area contributed by atoms with Crippen LogP contribution in [0.5, 0.6) is 0 Å². The Kier molecular flexibility index (Phi) is 6.75. The molecule has 2 aromatic rings. The highest BCUT2D eigenvalue weighted by Gasteiger charge is 2.43. The van der Waals surface area contributed by atoms with Crippen molar-refractivity contribution in [3.05, 3.63) is 66.0 Å². The molecule has 0 heterocycles. The summed E-state index contributed by atoms with van der Waals surface area (Å²) in [5.74, 6) is -1.00. The van der Waals surface area contributed by atoms with E-state index in [1.54, 1.807) is 36.4 Å². The van der Waals surface area contributed by atoms with Gasteiger partial charge in [0.1, 0.15) is 5.82 Å². The fraction of sp³-hybridized carbons (Fsp3) is 0.478. The maximum Gasteiger partial charge on any atom is 0.264 e. The van der Waals surface area contributed by atoms with E-state index in [2.05, 4.69) is 20.8 Å². The zero-order chi connectivity index (χ0) is 20.3. The van der Waals surface area contributed by atoms with Crippen LogP contribution in [0.4, 0.5) is 4.39 Å². The van der Waals surface area contributed by atoms with E-state index >= 15 is 0 Å². The zero-order valence-electron chi connectivity index (χ0n) is 16.8. The second kappa shape index (κ2) is 8.90. The van der Waals surface area contributed by atoms with Crippen LogP contribution in [0.25, 0.3) is 0 Å². The average Bonchev–Trinajstić information content (AvgIpc) is 2.68. The van der Waals surface area contributed by atoms with Crippen LogP contribution in [0.2, 0.25) is 0 Å². The summed E-state index contributed by atoms with van der Waals surface area (Å²) in [5, 5.41) is 11.5. The van der Waals surface area contributed by atoms with Crippen LogP contribution in [0.3, 0.4) is 0 Å². The summed E-state index contributed by atoms with van der Waals surface area (Å²) in [4.78, 5) is 0. The molecule has 5 heteroatoms. The van der Waals surface area contributed by atoms with Crippen molar-refractivity contribution < 1.29 is 18.6 Å². The van der Waals surface area contributed by atoms with Gasteiger partial charge in [0.25, 0.3) is 7.37 Å². The Bertz CT molecular complexity index is 824. The minimum atomic E-state index is -3.77. The number of hydrogen-bond donors (Lipinski definition) is 1. The van der Waals surface area contributed by atoms with Crippen LogP contribution in [-0.2, 0) is 9.09 Å². The van der Waals surface area contributed by atoms with E-state index in [4.69, 9.17) is 4.52 Å². The first kappa shape index (κ1) is 21.2. The third-order valence-electron chi connectivity index (χ3n) is 5.87. The highest BCUT2D eigenvalue weighted by atomic mass is 31.2. The summed E-state index contributed by atoms with van der Waals surface area (Å²) in [6.07, 6.45) is 2.70. The predicted octanol–water partition coefficient (Wildman–Crippen LogP) is 5.90. The molecule has 0 unspecified atom stereocenters. The number of benzene rings is 2. The van der Waals surface area contributed by atoms with Crippen molar-refractivity contribution >= 4 is 12.7 Å². The lowest BCUT2D eigenvalue weighted by Crippen LogP contribution is -2.35. The molecule has 28 heavy (non-hydrogen) atoms. The summed E-state index contributed by atoms with van der Waals surface area (Å²) in [7, 11) is -3.77. The first-order valence-electron chi connectivity index (χ1n) is 10.1. The molecule has 0 spiro atoms. The summed E-state index contributed by atoms with van der Waals surface area (Å²) in [5.41, 5.74) is 0.0136. The lowest BCUT2D eigenvalue weighted by atomic mass is 9.75. The van der Waals surface area contributed by atoms with Crippen LogP contribution in [0.15, 0.2) is 54.6 Å². The molecule has 1 N–H and O–H groups in total. The smallest absolute Gasteiger partial charge is 0.264 e. The Balaban J connectivity index is 2.02. The van der Waals surface area contributed by atoms with Crippen LogP contribution in [-0.4, -0.2) is 11.2 Å². The molecule has 2 aromatic carbocycles. The Morgan fingerprint density at radius 1 is 1.07 bits per heavy atom. The molecule has 0 saturated heterocycles. The van der Waals surface area contributed by atoms with Crippen LogP contribution >= 0.6 is 7.37 Å². The molecule has 1 fully saturated rings. The van der Waals surface area contributed by atoms with E-state index in [-0.39, 0.29) is 17.6 Å². The van der Waals surface area contributed by atoms with Crippen molar-refractivity contribution in [3.63, 3.8) is 0 Å². The van der Waals surface area contributed by atoms with E-state index in [0.29, 0.717) is 17.1 Å². The largest absolute Gasteiger partial charge is 0.378 e. The summed E-state index contributed by atoms with van der Waals surface area (Å²) in [6, 6.07) is 14.7. The number of hydrogen-bond acceptors (Lipinski definition) is 3. The van der Waals surface area contributed by atoms with Gasteiger partial charge >= 0.3 is 0 Å². The van der Waals surface area contributed by atoms with Gasteiger partial charge in [0.15, 0.2) is 5.85 Å². The van der Waals surface area contributed by atoms with Crippen LogP contribution in [0.1, 0.15) is 51.4 Å².